The second-order valence-electron chi connectivity index (χ2n) is 5.64. The molecule has 1 heterocycles. The lowest BCUT2D eigenvalue weighted by Gasteiger charge is -2.45. The molecule has 0 aromatic carbocycles. The van der Waals surface area contributed by atoms with E-state index in [1.807, 2.05) is 32.6 Å². The molecule has 0 spiro atoms. The average Bonchev–Trinajstić information content (AvgIpc) is 2.13. The number of ether oxygens (including phenoxy) is 1. The largest absolute Gasteiger partial charge is 0.480 e. The van der Waals surface area contributed by atoms with Crippen molar-refractivity contribution in [1.29, 1.82) is 0 Å². The molecule has 2 unspecified atom stereocenters. The third-order valence-corrected chi connectivity index (χ3v) is 2.99. The maximum Gasteiger partial charge on any atom is 0.321 e. The number of morpholine rings is 1. The second-order valence-corrected chi connectivity index (χ2v) is 5.64. The number of aliphatic hydroxyl groups excluding tert-OH is 1. The van der Waals surface area contributed by atoms with Crippen LogP contribution in [-0.4, -0.2) is 58.5 Å². The molecular formula is C12H23NO4. The van der Waals surface area contributed by atoms with E-state index in [1.165, 1.54) is 0 Å². The Morgan fingerprint density at radius 3 is 2.53 bits per heavy atom. The van der Waals surface area contributed by atoms with E-state index in [4.69, 9.17) is 4.74 Å². The van der Waals surface area contributed by atoms with Gasteiger partial charge in [-0.25, -0.2) is 0 Å². The van der Waals surface area contributed by atoms with E-state index in [1.54, 1.807) is 0 Å². The zero-order chi connectivity index (χ0) is 13.2. The highest BCUT2D eigenvalue weighted by Crippen LogP contribution is 2.24. The first-order valence-corrected chi connectivity index (χ1v) is 6.02. The van der Waals surface area contributed by atoms with Crippen LogP contribution >= 0.6 is 0 Å². The number of rotatable bonds is 4. The van der Waals surface area contributed by atoms with Crippen molar-refractivity contribution in [2.75, 3.05) is 19.7 Å². The lowest BCUT2D eigenvalue weighted by atomic mass is 9.97. The van der Waals surface area contributed by atoms with Crippen molar-refractivity contribution in [3.63, 3.8) is 0 Å². The number of hydrogen-bond donors (Lipinski definition) is 2. The Kier molecular flexibility index (Phi) is 4.52. The minimum Gasteiger partial charge on any atom is -0.480 e. The van der Waals surface area contributed by atoms with E-state index in [0.29, 0.717) is 13.1 Å². The van der Waals surface area contributed by atoms with Crippen LogP contribution in [0, 0.1) is 5.92 Å². The summed E-state index contributed by atoms with van der Waals surface area (Å²) in [6, 6.07) is -0.521. The number of carboxylic acid groups (broad SMARTS) is 1. The van der Waals surface area contributed by atoms with Crippen molar-refractivity contribution in [1.82, 2.24) is 4.90 Å². The fourth-order valence-corrected chi connectivity index (χ4v) is 2.51. The van der Waals surface area contributed by atoms with E-state index >= 15 is 0 Å². The first-order chi connectivity index (χ1) is 7.76. The van der Waals surface area contributed by atoms with E-state index in [-0.39, 0.29) is 18.6 Å². The minimum atomic E-state index is -0.811. The maximum absolute atomic E-state index is 11.3. The maximum atomic E-state index is 11.3. The fraction of sp³-hybridized carbons (Fsp3) is 0.917. The summed E-state index contributed by atoms with van der Waals surface area (Å²) in [5.41, 5.74) is -0.422. The van der Waals surface area contributed by atoms with Crippen LogP contribution in [0.5, 0.6) is 0 Å². The van der Waals surface area contributed by atoms with Gasteiger partial charge in [-0.3, -0.25) is 9.69 Å². The van der Waals surface area contributed by atoms with Gasteiger partial charge in [0.2, 0.25) is 0 Å². The third kappa shape index (κ3) is 3.66. The molecule has 1 saturated heterocycles. The van der Waals surface area contributed by atoms with Crippen LogP contribution in [0.1, 0.15) is 27.7 Å². The lowest BCUT2D eigenvalue weighted by Crippen LogP contribution is -2.59. The summed E-state index contributed by atoms with van der Waals surface area (Å²) in [6.45, 7) is 8.59. The van der Waals surface area contributed by atoms with Gasteiger partial charge in [0, 0.05) is 13.1 Å². The van der Waals surface area contributed by atoms with Crippen molar-refractivity contribution in [3.8, 4) is 0 Å². The van der Waals surface area contributed by atoms with Crippen LogP contribution < -0.4 is 0 Å². The van der Waals surface area contributed by atoms with Crippen LogP contribution in [-0.2, 0) is 9.53 Å². The van der Waals surface area contributed by atoms with Gasteiger partial charge < -0.3 is 14.9 Å². The number of aliphatic carboxylic acids is 1. The van der Waals surface area contributed by atoms with Gasteiger partial charge in [0.05, 0.1) is 18.3 Å². The van der Waals surface area contributed by atoms with Crippen molar-refractivity contribution < 1.29 is 19.7 Å². The SMILES string of the molecule is CC(C)C(C(=O)O)N1CC(CO)OC(C)(C)C1. The van der Waals surface area contributed by atoms with Crippen molar-refractivity contribution >= 4 is 5.97 Å². The molecule has 1 fully saturated rings. The van der Waals surface area contributed by atoms with Gasteiger partial charge >= 0.3 is 5.97 Å². The highest BCUT2D eigenvalue weighted by molar-refractivity contribution is 5.73. The Balaban J connectivity index is 2.84. The minimum absolute atomic E-state index is 0.0285. The van der Waals surface area contributed by atoms with Crippen LogP contribution in [0.2, 0.25) is 0 Å². The van der Waals surface area contributed by atoms with Crippen molar-refractivity contribution in [2.45, 2.75) is 45.4 Å². The standard InChI is InChI=1S/C12H23NO4/c1-8(2)10(11(15)16)13-5-9(6-14)17-12(3,4)7-13/h8-10,14H,5-7H2,1-4H3,(H,15,16). The van der Waals surface area contributed by atoms with Gasteiger partial charge in [-0.2, -0.15) is 0 Å². The number of carboxylic acids is 1. The molecule has 5 nitrogen and oxygen atoms in total. The summed E-state index contributed by atoms with van der Waals surface area (Å²) in [4.78, 5) is 13.2. The van der Waals surface area contributed by atoms with Gasteiger partial charge in [-0.05, 0) is 19.8 Å². The van der Waals surface area contributed by atoms with E-state index in [2.05, 4.69) is 0 Å². The summed E-state index contributed by atoms with van der Waals surface area (Å²) >= 11 is 0. The highest BCUT2D eigenvalue weighted by Gasteiger charge is 2.39. The first kappa shape index (κ1) is 14.4. The summed E-state index contributed by atoms with van der Waals surface area (Å²) in [7, 11) is 0. The Morgan fingerprint density at radius 1 is 1.53 bits per heavy atom. The summed E-state index contributed by atoms with van der Waals surface area (Å²) < 4.78 is 5.68. The molecule has 0 radical (unpaired) electrons. The number of carbonyl (C=O) groups is 1. The number of nitrogens with zero attached hydrogens (tertiary/aromatic N) is 1. The molecule has 0 saturated carbocycles. The Morgan fingerprint density at radius 2 is 2.12 bits per heavy atom. The number of hydrogen-bond acceptors (Lipinski definition) is 4. The van der Waals surface area contributed by atoms with E-state index in [0.717, 1.165) is 0 Å². The topological polar surface area (TPSA) is 70.0 Å². The van der Waals surface area contributed by atoms with E-state index < -0.39 is 17.6 Å². The molecule has 2 N–H and O–H groups in total. The molecule has 1 aliphatic heterocycles. The van der Waals surface area contributed by atoms with E-state index in [9.17, 15) is 15.0 Å². The third-order valence-electron chi connectivity index (χ3n) is 2.99. The molecule has 0 aromatic rings. The Labute approximate surface area is 102 Å². The predicted octanol–water partition coefficient (Wildman–Crippen LogP) is 0.567. The van der Waals surface area contributed by atoms with Gasteiger partial charge in [0.15, 0.2) is 0 Å². The fourth-order valence-electron chi connectivity index (χ4n) is 2.51. The molecule has 1 aliphatic rings. The summed E-state index contributed by atoms with van der Waals surface area (Å²) in [5, 5.41) is 18.5. The van der Waals surface area contributed by atoms with Crippen LogP contribution in [0.3, 0.4) is 0 Å². The van der Waals surface area contributed by atoms with Gasteiger partial charge in [0.1, 0.15) is 6.04 Å². The van der Waals surface area contributed by atoms with Crippen LogP contribution in [0.25, 0.3) is 0 Å². The summed E-state index contributed by atoms with van der Waals surface area (Å²) in [6.07, 6.45) is -0.306. The molecule has 17 heavy (non-hydrogen) atoms. The predicted molar refractivity (Wildman–Crippen MR) is 63.9 cm³/mol. The van der Waals surface area contributed by atoms with Gasteiger partial charge in [0.25, 0.3) is 0 Å². The normalized spacial score (nSPS) is 27.1. The van der Waals surface area contributed by atoms with Crippen molar-refractivity contribution in [2.24, 2.45) is 5.92 Å². The molecule has 0 aromatic heterocycles. The van der Waals surface area contributed by atoms with Crippen molar-refractivity contribution in [3.05, 3.63) is 0 Å². The molecule has 5 heteroatoms. The smallest absolute Gasteiger partial charge is 0.321 e. The van der Waals surface area contributed by atoms with Gasteiger partial charge in [-0.15, -0.1) is 0 Å². The number of aliphatic hydroxyl groups is 1. The first-order valence-electron chi connectivity index (χ1n) is 6.02. The molecule has 0 amide bonds. The molecule has 1 rings (SSSR count). The molecule has 2 atom stereocenters. The Bertz CT molecular complexity index is 278. The Hall–Kier alpha value is -0.650. The molecule has 100 valence electrons. The molecular weight excluding hydrogens is 222 g/mol. The van der Waals surface area contributed by atoms with Crippen LogP contribution in [0.4, 0.5) is 0 Å². The average molecular weight is 245 g/mol. The van der Waals surface area contributed by atoms with Gasteiger partial charge in [-0.1, -0.05) is 13.8 Å². The second kappa shape index (κ2) is 5.33. The zero-order valence-corrected chi connectivity index (χ0v) is 11.0. The summed E-state index contributed by atoms with van der Waals surface area (Å²) in [5.74, 6) is -0.782. The highest BCUT2D eigenvalue weighted by atomic mass is 16.5. The molecule has 0 aliphatic carbocycles. The lowest BCUT2D eigenvalue weighted by molar-refractivity contribution is -0.172. The quantitative estimate of drug-likeness (QED) is 0.757. The van der Waals surface area contributed by atoms with Crippen LogP contribution in [0.15, 0.2) is 0 Å². The monoisotopic (exact) mass is 245 g/mol. The zero-order valence-electron chi connectivity index (χ0n) is 11.0. The molecule has 0 bridgehead atoms.